The van der Waals surface area contributed by atoms with Gasteiger partial charge in [-0.05, 0) is 92.5 Å². The first kappa shape index (κ1) is 35.6. The number of ether oxygens (including phenoxy) is 2. The Hall–Kier alpha value is -5.25. The topological polar surface area (TPSA) is 149 Å². The lowest BCUT2D eigenvalue weighted by Gasteiger charge is -2.25. The molecule has 0 amide bonds. The van der Waals surface area contributed by atoms with E-state index < -0.39 is 17.9 Å². The summed E-state index contributed by atoms with van der Waals surface area (Å²) in [5, 5.41) is 16.8. The Labute approximate surface area is 297 Å². The summed E-state index contributed by atoms with van der Waals surface area (Å²) in [6.45, 7) is 16.4. The predicted octanol–water partition coefficient (Wildman–Crippen LogP) is 3.84. The number of aliphatic hydroxyl groups excluding tert-OH is 1. The van der Waals surface area contributed by atoms with Crippen molar-refractivity contribution < 1.29 is 29.0 Å². The lowest BCUT2D eigenvalue weighted by atomic mass is 9.80. The molecule has 1 aliphatic carbocycles. The highest BCUT2D eigenvalue weighted by molar-refractivity contribution is 6.19. The highest BCUT2D eigenvalue weighted by Crippen LogP contribution is 2.42. The summed E-state index contributed by atoms with van der Waals surface area (Å²) in [5.41, 5.74) is 9.18. The van der Waals surface area contributed by atoms with Gasteiger partial charge in [-0.2, -0.15) is 0 Å². The van der Waals surface area contributed by atoms with Crippen LogP contribution in [0.25, 0.3) is 36.1 Å². The van der Waals surface area contributed by atoms with Crippen LogP contribution in [0.3, 0.4) is 0 Å². The van der Waals surface area contributed by atoms with E-state index in [1.54, 1.807) is 0 Å². The SMILES string of the molecule is C=Cc1c2[nH]c(c1C)/C=C1/NC(C3=c4[nH]/c(c(C)c4C(=O)[C@@H]3C(=O)OC)=C\c3[nH]c(/c(=C\O)c3CC)=C\2)[C@@H](CCC(=O)OC/C=C(\C)CC)[C@@H]1C. The summed E-state index contributed by atoms with van der Waals surface area (Å²) < 4.78 is 10.8. The number of esters is 2. The van der Waals surface area contributed by atoms with E-state index in [0.29, 0.717) is 34.5 Å². The van der Waals surface area contributed by atoms with Crippen LogP contribution >= 0.6 is 0 Å². The van der Waals surface area contributed by atoms with Crippen molar-refractivity contribution >= 4 is 53.9 Å². The molecule has 3 aromatic rings. The fourth-order valence-corrected chi connectivity index (χ4v) is 7.99. The molecule has 10 nitrogen and oxygen atoms in total. The third kappa shape index (κ3) is 6.10. The third-order valence-corrected chi connectivity index (χ3v) is 11.1. The zero-order chi connectivity index (χ0) is 36.7. The van der Waals surface area contributed by atoms with E-state index in [2.05, 4.69) is 46.8 Å². The van der Waals surface area contributed by atoms with Crippen molar-refractivity contribution in [2.75, 3.05) is 13.7 Å². The fourth-order valence-electron chi connectivity index (χ4n) is 7.99. The average Bonchev–Trinajstić information content (AvgIpc) is 3.87. The maximum Gasteiger partial charge on any atom is 0.320 e. The van der Waals surface area contributed by atoms with Crippen LogP contribution in [-0.4, -0.2) is 57.5 Å². The molecule has 6 rings (SSSR count). The molecule has 10 heteroatoms. The Balaban J connectivity index is 1.60. The number of allylic oxidation sites excluding steroid dienone is 2. The van der Waals surface area contributed by atoms with E-state index >= 15 is 0 Å². The number of nitrogens with one attached hydrogen (secondary N) is 4. The van der Waals surface area contributed by atoms with Gasteiger partial charge in [-0.15, -0.1) is 0 Å². The number of fused-ring (bicyclic) bond motifs is 8. The summed E-state index contributed by atoms with van der Waals surface area (Å²) in [6, 6.07) is -0.464. The van der Waals surface area contributed by atoms with Gasteiger partial charge >= 0.3 is 11.9 Å². The number of Topliss-reactive ketones (excluding diaryl/α,β-unsaturated/α-hetero) is 1. The molecule has 5 N–H and O–H groups in total. The molecule has 8 bridgehead atoms. The summed E-state index contributed by atoms with van der Waals surface area (Å²) in [5.74, 6) is -2.61. The molecule has 1 fully saturated rings. The Bertz CT molecular complexity index is 2260. The number of carbonyl (C=O) groups excluding carboxylic acids is 3. The van der Waals surface area contributed by atoms with Crippen molar-refractivity contribution in [3.63, 3.8) is 0 Å². The second-order valence-electron chi connectivity index (χ2n) is 13.8. The molecule has 1 saturated heterocycles. The van der Waals surface area contributed by atoms with Crippen LogP contribution in [-0.2, 0) is 25.5 Å². The fraction of sp³-hybridized carbons (Fsp3) is 0.390. The number of carbonyl (C=O) groups is 3. The number of aromatic amines is 3. The Morgan fingerprint density at radius 1 is 1.02 bits per heavy atom. The van der Waals surface area contributed by atoms with Gasteiger partial charge in [0.1, 0.15) is 12.5 Å². The number of ketones is 1. The van der Waals surface area contributed by atoms with Gasteiger partial charge in [0, 0.05) is 56.8 Å². The number of aromatic nitrogens is 3. The van der Waals surface area contributed by atoms with E-state index in [4.69, 9.17) is 9.47 Å². The normalized spacial score (nSPS) is 23.5. The minimum atomic E-state index is -1.14. The van der Waals surface area contributed by atoms with Crippen molar-refractivity contribution in [2.45, 2.75) is 73.3 Å². The monoisotopic (exact) mass is 692 g/mol. The first-order valence-corrected chi connectivity index (χ1v) is 17.7. The van der Waals surface area contributed by atoms with E-state index in [1.165, 1.54) is 7.11 Å². The van der Waals surface area contributed by atoms with Crippen molar-refractivity contribution in [2.24, 2.45) is 17.8 Å². The largest absolute Gasteiger partial charge is 0.515 e. The smallest absolute Gasteiger partial charge is 0.320 e. The molecule has 4 atom stereocenters. The average molecular weight is 693 g/mol. The highest BCUT2D eigenvalue weighted by Gasteiger charge is 2.49. The maximum absolute atomic E-state index is 14.2. The number of aliphatic hydroxyl groups is 1. The van der Waals surface area contributed by atoms with Crippen LogP contribution in [0.2, 0.25) is 0 Å². The molecule has 2 aliphatic heterocycles. The van der Waals surface area contributed by atoms with Crippen molar-refractivity contribution in [3.05, 3.63) is 90.1 Å². The minimum Gasteiger partial charge on any atom is -0.515 e. The third-order valence-electron chi connectivity index (χ3n) is 11.1. The first-order valence-electron chi connectivity index (χ1n) is 17.7. The highest BCUT2D eigenvalue weighted by atomic mass is 16.5. The minimum absolute atomic E-state index is 0.0803. The van der Waals surface area contributed by atoms with E-state index in [0.717, 1.165) is 74.0 Å². The molecule has 3 aromatic heterocycles. The van der Waals surface area contributed by atoms with Crippen molar-refractivity contribution in [3.8, 4) is 0 Å². The van der Waals surface area contributed by atoms with Gasteiger partial charge in [0.2, 0.25) is 0 Å². The summed E-state index contributed by atoms with van der Waals surface area (Å²) >= 11 is 0. The Kier molecular flexibility index (Phi) is 9.88. The summed E-state index contributed by atoms with van der Waals surface area (Å²) in [4.78, 5) is 51.3. The van der Waals surface area contributed by atoms with Gasteiger partial charge in [0.25, 0.3) is 0 Å². The maximum atomic E-state index is 14.2. The van der Waals surface area contributed by atoms with Crippen LogP contribution in [0.4, 0.5) is 0 Å². The quantitative estimate of drug-likeness (QED) is 0.130. The summed E-state index contributed by atoms with van der Waals surface area (Å²) in [6.07, 6.45) is 13.1. The number of hydrogen-bond acceptors (Lipinski definition) is 7. The lowest BCUT2D eigenvalue weighted by Crippen LogP contribution is -2.38. The first-order chi connectivity index (χ1) is 24.5. The zero-order valence-corrected chi connectivity index (χ0v) is 30.5. The Morgan fingerprint density at radius 3 is 2.43 bits per heavy atom. The molecule has 51 heavy (non-hydrogen) atoms. The number of H-pyrrole nitrogens is 3. The molecule has 5 heterocycles. The molecule has 268 valence electrons. The van der Waals surface area contributed by atoms with Crippen molar-refractivity contribution in [1.82, 2.24) is 20.3 Å². The molecular weight excluding hydrogens is 644 g/mol. The molecule has 0 aromatic carbocycles. The molecule has 0 spiro atoms. The molecule has 0 radical (unpaired) electrons. The van der Waals surface area contributed by atoms with Gasteiger partial charge in [-0.3, -0.25) is 14.4 Å². The second-order valence-corrected chi connectivity index (χ2v) is 13.8. The molecule has 1 unspecified atom stereocenters. The molecule has 3 aliphatic rings. The van der Waals surface area contributed by atoms with Crippen LogP contribution in [0, 0.1) is 31.6 Å². The van der Waals surface area contributed by atoms with Gasteiger partial charge < -0.3 is 34.8 Å². The van der Waals surface area contributed by atoms with Crippen molar-refractivity contribution in [1.29, 1.82) is 0 Å². The van der Waals surface area contributed by atoms with Crippen LogP contribution in [0.1, 0.15) is 96.7 Å². The van der Waals surface area contributed by atoms with Gasteiger partial charge in [-0.1, -0.05) is 39.0 Å². The standard InChI is InChI=1S/C41H48N4O6/c1-9-20(4)14-15-51-34(47)13-12-26-22(6)29-16-28-21(5)24(10-2)31(42-28)18-33-27(19-46)25(11-3)32(43-33)17-30-23(7)35-39(45-30)36(38(26)44-29)37(40(35)48)41(49)50-8/h10,14,16-19,22,26,37-38,42-46H,2,9,11-13,15H2,1,3-8H3/b20-14+,27-19-,29-16+,30-17-,33-18-/t22-,26-,37+,38?/m0/s1. The van der Waals surface area contributed by atoms with Gasteiger partial charge in [0.15, 0.2) is 5.78 Å². The molecular formula is C41H48N4O6. The zero-order valence-electron chi connectivity index (χ0n) is 30.5. The van der Waals surface area contributed by atoms with Crippen LogP contribution in [0.15, 0.2) is 23.9 Å². The number of hydrogen-bond donors (Lipinski definition) is 5. The van der Waals surface area contributed by atoms with E-state index in [-0.39, 0.29) is 36.6 Å². The van der Waals surface area contributed by atoms with E-state index in [9.17, 15) is 19.5 Å². The lowest BCUT2D eigenvalue weighted by molar-refractivity contribution is -0.143. The second kappa shape index (κ2) is 14.2. The summed E-state index contributed by atoms with van der Waals surface area (Å²) in [7, 11) is 1.30. The number of methoxy groups -OCH3 is 1. The Morgan fingerprint density at radius 2 is 1.76 bits per heavy atom. The number of rotatable bonds is 9. The van der Waals surface area contributed by atoms with Crippen LogP contribution in [0.5, 0.6) is 0 Å². The predicted molar refractivity (Wildman–Crippen MR) is 199 cm³/mol. The van der Waals surface area contributed by atoms with Gasteiger partial charge in [0.05, 0.1) is 30.1 Å². The molecule has 0 saturated carbocycles. The van der Waals surface area contributed by atoms with E-state index in [1.807, 2.05) is 52.0 Å². The van der Waals surface area contributed by atoms with Gasteiger partial charge in [-0.25, -0.2) is 0 Å². The van der Waals surface area contributed by atoms with Crippen LogP contribution < -0.4 is 26.6 Å².